The Morgan fingerprint density at radius 3 is 2.39 bits per heavy atom. The molecule has 5 heteroatoms. The van der Waals surface area contributed by atoms with Crippen molar-refractivity contribution in [2.45, 2.75) is 19.8 Å². The van der Waals surface area contributed by atoms with Gasteiger partial charge in [-0.2, -0.15) is 0 Å². The molecule has 0 heterocycles. The van der Waals surface area contributed by atoms with Gasteiger partial charge < -0.3 is 4.90 Å². The molecule has 0 bridgehead atoms. The smallest absolute Gasteiger partial charge is 0.227 e. The number of hydrogen-bond donors (Lipinski definition) is 0. The molecule has 0 aliphatic carbocycles. The maximum Gasteiger partial charge on any atom is 0.227 e. The largest absolute Gasteiger partial charge is 0.342 e. The summed E-state index contributed by atoms with van der Waals surface area (Å²) < 4.78 is 26.9. The van der Waals surface area contributed by atoms with Crippen molar-refractivity contribution >= 4 is 21.8 Å². The lowest BCUT2D eigenvalue weighted by Crippen LogP contribution is -2.34. The molecule has 1 aromatic rings. The highest BCUT2D eigenvalue weighted by molar-refractivity contribution is 9.09. The highest BCUT2D eigenvalue weighted by atomic mass is 79.9. The summed E-state index contributed by atoms with van der Waals surface area (Å²) in [5.74, 6) is -1.59. The summed E-state index contributed by atoms with van der Waals surface area (Å²) >= 11 is 3.26. The van der Waals surface area contributed by atoms with Crippen molar-refractivity contribution in [3.8, 4) is 0 Å². The van der Waals surface area contributed by atoms with Gasteiger partial charge in [0.2, 0.25) is 5.91 Å². The Balaban J connectivity index is 2.79. The Morgan fingerprint density at radius 2 is 1.89 bits per heavy atom. The van der Waals surface area contributed by atoms with Gasteiger partial charge in [-0.25, -0.2) is 8.78 Å². The molecule has 0 saturated heterocycles. The zero-order valence-electron chi connectivity index (χ0n) is 10.3. The number of alkyl halides is 1. The van der Waals surface area contributed by atoms with Gasteiger partial charge in [0.1, 0.15) is 11.6 Å². The molecule has 0 aliphatic heterocycles. The summed E-state index contributed by atoms with van der Waals surface area (Å²) in [5, 5.41) is 0.651. The van der Waals surface area contributed by atoms with Crippen molar-refractivity contribution in [1.82, 2.24) is 4.90 Å². The molecule has 0 unspecified atom stereocenters. The molecule has 2 nitrogen and oxygen atoms in total. The molecule has 0 spiro atoms. The van der Waals surface area contributed by atoms with E-state index >= 15 is 0 Å². The second-order valence-electron chi connectivity index (χ2n) is 3.95. The van der Waals surface area contributed by atoms with E-state index in [2.05, 4.69) is 15.9 Å². The Bertz CT molecular complexity index is 386. The summed E-state index contributed by atoms with van der Waals surface area (Å²) in [6.45, 7) is 3.10. The fourth-order valence-corrected chi connectivity index (χ4v) is 2.13. The van der Waals surface area contributed by atoms with Crippen LogP contribution in [0.2, 0.25) is 0 Å². The molecule has 0 aromatic heterocycles. The third-order valence-electron chi connectivity index (χ3n) is 2.59. The molecule has 0 aliphatic rings. The fraction of sp³-hybridized carbons (Fsp3) is 0.462. The highest BCUT2D eigenvalue weighted by Crippen LogP contribution is 2.14. The number of rotatable bonds is 6. The Hall–Kier alpha value is -0.970. The Labute approximate surface area is 114 Å². The lowest BCUT2D eigenvalue weighted by Gasteiger charge is -2.21. The molecule has 1 amide bonds. The van der Waals surface area contributed by atoms with Gasteiger partial charge in [0.05, 0.1) is 6.42 Å². The van der Waals surface area contributed by atoms with Gasteiger partial charge in [-0.05, 0) is 18.6 Å². The van der Waals surface area contributed by atoms with E-state index in [0.29, 0.717) is 18.4 Å². The predicted octanol–water partition coefficient (Wildman–Crippen LogP) is 3.14. The molecule has 18 heavy (non-hydrogen) atoms. The summed E-state index contributed by atoms with van der Waals surface area (Å²) in [5.41, 5.74) is -0.154. The molecule has 0 radical (unpaired) electrons. The average Bonchev–Trinajstić information content (AvgIpc) is 2.33. The second kappa shape index (κ2) is 7.46. The zero-order valence-corrected chi connectivity index (χ0v) is 11.8. The first-order valence-corrected chi connectivity index (χ1v) is 6.99. The number of nitrogens with zero attached hydrogens (tertiary/aromatic N) is 1. The van der Waals surface area contributed by atoms with Crippen LogP contribution >= 0.6 is 15.9 Å². The van der Waals surface area contributed by atoms with Crippen molar-refractivity contribution in [2.75, 3.05) is 18.4 Å². The van der Waals surface area contributed by atoms with Crippen LogP contribution in [-0.2, 0) is 11.2 Å². The molecule has 1 rings (SSSR count). The van der Waals surface area contributed by atoms with Crippen LogP contribution < -0.4 is 0 Å². The normalized spacial score (nSPS) is 10.4. The topological polar surface area (TPSA) is 20.3 Å². The number of carbonyl (C=O) groups is 1. The minimum Gasteiger partial charge on any atom is -0.342 e. The maximum atomic E-state index is 13.4. The lowest BCUT2D eigenvalue weighted by atomic mass is 10.1. The molecule has 0 N–H and O–H groups in total. The molecule has 0 fully saturated rings. The molecule has 0 saturated carbocycles. The maximum absolute atomic E-state index is 13.4. The highest BCUT2D eigenvalue weighted by Gasteiger charge is 2.17. The van der Waals surface area contributed by atoms with E-state index in [0.717, 1.165) is 6.42 Å². The van der Waals surface area contributed by atoms with Crippen LogP contribution in [0.15, 0.2) is 18.2 Å². The minimum atomic E-state index is -0.668. The SMILES string of the molecule is CCCN(CCBr)C(=O)Cc1c(F)cccc1F. The van der Waals surface area contributed by atoms with Crippen LogP contribution in [-0.4, -0.2) is 29.2 Å². The van der Waals surface area contributed by atoms with Gasteiger partial charge in [-0.15, -0.1) is 0 Å². The third-order valence-corrected chi connectivity index (χ3v) is 2.94. The van der Waals surface area contributed by atoms with Crippen molar-refractivity contribution in [3.05, 3.63) is 35.4 Å². The molecular formula is C13H16BrF2NO. The van der Waals surface area contributed by atoms with Crippen molar-refractivity contribution in [1.29, 1.82) is 0 Å². The molecule has 0 atom stereocenters. The average molecular weight is 320 g/mol. The van der Waals surface area contributed by atoms with E-state index in [-0.39, 0.29) is 17.9 Å². The van der Waals surface area contributed by atoms with Crippen molar-refractivity contribution in [2.24, 2.45) is 0 Å². The van der Waals surface area contributed by atoms with Crippen LogP contribution in [0.25, 0.3) is 0 Å². The number of hydrogen-bond acceptors (Lipinski definition) is 1. The van der Waals surface area contributed by atoms with Gasteiger partial charge >= 0.3 is 0 Å². The molecular weight excluding hydrogens is 304 g/mol. The molecule has 100 valence electrons. The van der Waals surface area contributed by atoms with E-state index in [1.54, 1.807) is 4.90 Å². The van der Waals surface area contributed by atoms with Crippen LogP contribution in [0.4, 0.5) is 8.78 Å². The predicted molar refractivity (Wildman–Crippen MR) is 70.7 cm³/mol. The minimum absolute atomic E-state index is 0.154. The Kier molecular flexibility index (Phi) is 6.25. The summed E-state index contributed by atoms with van der Waals surface area (Å²) in [4.78, 5) is 13.6. The number of halogens is 3. The first-order chi connectivity index (χ1) is 8.60. The summed E-state index contributed by atoms with van der Waals surface area (Å²) in [6, 6.07) is 3.63. The monoisotopic (exact) mass is 319 g/mol. The summed E-state index contributed by atoms with van der Waals surface area (Å²) in [6.07, 6.45) is 0.587. The Morgan fingerprint density at radius 1 is 1.28 bits per heavy atom. The number of amides is 1. The molecule has 1 aromatic carbocycles. The van der Waals surface area contributed by atoms with Gasteiger partial charge in [0, 0.05) is 24.0 Å². The van der Waals surface area contributed by atoms with Gasteiger partial charge in [0.15, 0.2) is 0 Å². The van der Waals surface area contributed by atoms with E-state index in [4.69, 9.17) is 0 Å². The van der Waals surface area contributed by atoms with Crippen molar-refractivity contribution in [3.63, 3.8) is 0 Å². The number of carbonyl (C=O) groups excluding carboxylic acids is 1. The summed E-state index contributed by atoms with van der Waals surface area (Å²) in [7, 11) is 0. The first-order valence-electron chi connectivity index (χ1n) is 5.86. The quantitative estimate of drug-likeness (QED) is 0.738. The fourth-order valence-electron chi connectivity index (χ4n) is 1.70. The van der Waals surface area contributed by atoms with E-state index in [1.807, 2.05) is 6.92 Å². The van der Waals surface area contributed by atoms with Gasteiger partial charge in [-0.1, -0.05) is 28.9 Å². The first kappa shape index (κ1) is 15.1. The van der Waals surface area contributed by atoms with E-state index in [9.17, 15) is 13.6 Å². The van der Waals surface area contributed by atoms with Crippen molar-refractivity contribution < 1.29 is 13.6 Å². The van der Waals surface area contributed by atoms with Gasteiger partial charge in [-0.3, -0.25) is 4.79 Å². The second-order valence-corrected chi connectivity index (χ2v) is 4.74. The van der Waals surface area contributed by atoms with Crippen LogP contribution in [0.3, 0.4) is 0 Å². The van der Waals surface area contributed by atoms with Crippen LogP contribution in [0.1, 0.15) is 18.9 Å². The third kappa shape index (κ3) is 4.05. The van der Waals surface area contributed by atoms with Gasteiger partial charge in [0.25, 0.3) is 0 Å². The standard InChI is InChI=1S/C13H16BrF2NO/c1-2-7-17(8-6-14)13(18)9-10-11(15)4-3-5-12(10)16/h3-5H,2,6-9H2,1H3. The lowest BCUT2D eigenvalue weighted by molar-refractivity contribution is -0.130. The van der Waals surface area contributed by atoms with Crippen LogP contribution in [0.5, 0.6) is 0 Å². The number of benzene rings is 1. The van der Waals surface area contributed by atoms with Crippen LogP contribution in [0, 0.1) is 11.6 Å². The van der Waals surface area contributed by atoms with E-state index < -0.39 is 11.6 Å². The van der Waals surface area contributed by atoms with E-state index in [1.165, 1.54) is 18.2 Å². The zero-order chi connectivity index (χ0) is 13.5.